The summed E-state index contributed by atoms with van der Waals surface area (Å²) in [5.41, 5.74) is 0.0360. The highest BCUT2D eigenvalue weighted by molar-refractivity contribution is 5.35. The Morgan fingerprint density at radius 3 is 2.46 bits per heavy atom. The van der Waals surface area contributed by atoms with Gasteiger partial charge in [0.15, 0.2) is 11.6 Å². The van der Waals surface area contributed by atoms with E-state index in [9.17, 15) is 17.6 Å². The van der Waals surface area contributed by atoms with Gasteiger partial charge in [0.1, 0.15) is 0 Å². The molecule has 0 aliphatic heterocycles. The Morgan fingerprint density at radius 1 is 1.08 bits per heavy atom. The Hall–Kier alpha value is -1.06. The Labute approximate surface area is 72.2 Å². The fourth-order valence-electron chi connectivity index (χ4n) is 1.59. The number of hydrogen-bond donors (Lipinski definition) is 0. The van der Waals surface area contributed by atoms with E-state index >= 15 is 0 Å². The summed E-state index contributed by atoms with van der Waals surface area (Å²) >= 11 is 0. The van der Waals surface area contributed by atoms with Gasteiger partial charge in [0.25, 0.3) is 5.92 Å². The van der Waals surface area contributed by atoms with E-state index in [2.05, 4.69) is 0 Å². The van der Waals surface area contributed by atoms with Crippen molar-refractivity contribution in [3.05, 3.63) is 34.9 Å². The van der Waals surface area contributed by atoms with E-state index in [1.807, 2.05) is 0 Å². The molecule has 0 unspecified atom stereocenters. The molecule has 0 amide bonds. The van der Waals surface area contributed by atoms with Crippen LogP contribution in [0, 0.1) is 11.6 Å². The SMILES string of the molecule is Fc1ccc2c(c1F)CC(F)(F)C2. The first-order valence-corrected chi connectivity index (χ1v) is 3.83. The standard InChI is InChI=1S/C9H6F4/c10-7-2-1-5-3-9(12,13)4-6(5)8(7)11/h1-2H,3-4H2. The Kier molecular flexibility index (Phi) is 1.62. The lowest BCUT2D eigenvalue weighted by atomic mass is 10.1. The van der Waals surface area contributed by atoms with E-state index in [1.165, 1.54) is 6.07 Å². The molecule has 0 nitrogen and oxygen atoms in total. The molecule has 2 rings (SSSR count). The molecule has 0 saturated carbocycles. The molecule has 0 atom stereocenters. The molecule has 0 bridgehead atoms. The smallest absolute Gasteiger partial charge is 0.206 e. The van der Waals surface area contributed by atoms with E-state index < -0.39 is 30.4 Å². The van der Waals surface area contributed by atoms with Crippen LogP contribution in [0.2, 0.25) is 0 Å². The molecule has 0 aromatic heterocycles. The maximum absolute atomic E-state index is 12.9. The third-order valence-electron chi connectivity index (χ3n) is 2.18. The number of fused-ring (bicyclic) bond motifs is 1. The fraction of sp³-hybridized carbons (Fsp3) is 0.333. The van der Waals surface area contributed by atoms with Crippen molar-refractivity contribution in [2.45, 2.75) is 18.8 Å². The number of benzene rings is 1. The zero-order chi connectivity index (χ0) is 9.64. The first-order chi connectivity index (χ1) is 5.99. The van der Waals surface area contributed by atoms with Crippen LogP contribution in [-0.2, 0) is 12.8 Å². The van der Waals surface area contributed by atoms with Crippen LogP contribution in [0.1, 0.15) is 11.1 Å². The van der Waals surface area contributed by atoms with E-state index in [0.29, 0.717) is 0 Å². The summed E-state index contributed by atoms with van der Waals surface area (Å²) in [6.07, 6.45) is -1.18. The molecule has 4 heteroatoms. The van der Waals surface area contributed by atoms with Crippen molar-refractivity contribution in [1.82, 2.24) is 0 Å². The molecule has 13 heavy (non-hydrogen) atoms. The summed E-state index contributed by atoms with van der Waals surface area (Å²) in [4.78, 5) is 0. The van der Waals surface area contributed by atoms with E-state index in [1.54, 1.807) is 0 Å². The average Bonchev–Trinajstić information content (AvgIpc) is 2.34. The van der Waals surface area contributed by atoms with E-state index in [-0.39, 0.29) is 11.1 Å². The van der Waals surface area contributed by atoms with E-state index in [0.717, 1.165) is 6.07 Å². The highest BCUT2D eigenvalue weighted by Crippen LogP contribution is 2.36. The third-order valence-corrected chi connectivity index (χ3v) is 2.18. The van der Waals surface area contributed by atoms with Crippen molar-refractivity contribution < 1.29 is 17.6 Å². The van der Waals surface area contributed by atoms with Crippen molar-refractivity contribution >= 4 is 0 Å². The van der Waals surface area contributed by atoms with Gasteiger partial charge in [0.05, 0.1) is 0 Å². The van der Waals surface area contributed by atoms with Crippen molar-refractivity contribution in [3.63, 3.8) is 0 Å². The molecule has 0 saturated heterocycles. The summed E-state index contributed by atoms with van der Waals surface area (Å²) in [5, 5.41) is 0. The molecule has 70 valence electrons. The lowest BCUT2D eigenvalue weighted by molar-refractivity contribution is 0.0126. The molecule has 0 radical (unpaired) electrons. The second kappa shape index (κ2) is 2.47. The van der Waals surface area contributed by atoms with Gasteiger partial charge in [-0.15, -0.1) is 0 Å². The zero-order valence-electron chi connectivity index (χ0n) is 6.58. The van der Waals surface area contributed by atoms with Crippen LogP contribution in [0.5, 0.6) is 0 Å². The maximum Gasteiger partial charge on any atom is 0.256 e. The minimum Gasteiger partial charge on any atom is -0.206 e. The second-order valence-electron chi connectivity index (χ2n) is 3.21. The third kappa shape index (κ3) is 1.30. The minimum absolute atomic E-state index is 0.176. The zero-order valence-corrected chi connectivity index (χ0v) is 6.58. The van der Waals surface area contributed by atoms with Gasteiger partial charge in [-0.05, 0) is 11.6 Å². The normalized spacial score (nSPS) is 18.8. The highest BCUT2D eigenvalue weighted by Gasteiger charge is 2.39. The lowest BCUT2D eigenvalue weighted by Crippen LogP contribution is -2.14. The van der Waals surface area contributed by atoms with Gasteiger partial charge in [-0.25, -0.2) is 17.6 Å². The van der Waals surface area contributed by atoms with Gasteiger partial charge in [0.2, 0.25) is 0 Å². The van der Waals surface area contributed by atoms with Crippen LogP contribution in [-0.4, -0.2) is 5.92 Å². The van der Waals surface area contributed by atoms with Crippen LogP contribution in [0.25, 0.3) is 0 Å². The number of halogens is 4. The number of hydrogen-bond acceptors (Lipinski definition) is 0. The lowest BCUT2D eigenvalue weighted by Gasteiger charge is -2.04. The first kappa shape index (κ1) is 8.53. The van der Waals surface area contributed by atoms with Crippen LogP contribution in [0.3, 0.4) is 0 Å². The molecule has 0 fully saturated rings. The number of alkyl halides is 2. The van der Waals surface area contributed by atoms with Crippen molar-refractivity contribution in [3.8, 4) is 0 Å². The van der Waals surface area contributed by atoms with Crippen LogP contribution >= 0.6 is 0 Å². The average molecular weight is 190 g/mol. The van der Waals surface area contributed by atoms with Gasteiger partial charge >= 0.3 is 0 Å². The quantitative estimate of drug-likeness (QED) is 0.552. The summed E-state index contributed by atoms with van der Waals surface area (Å²) in [5.74, 6) is -5.11. The van der Waals surface area contributed by atoms with Gasteiger partial charge in [0, 0.05) is 18.4 Å². The number of rotatable bonds is 0. The summed E-state index contributed by atoms with van der Waals surface area (Å²) in [6.45, 7) is 0. The predicted molar refractivity (Wildman–Crippen MR) is 38.7 cm³/mol. The van der Waals surface area contributed by atoms with Crippen LogP contribution in [0.15, 0.2) is 12.1 Å². The predicted octanol–water partition coefficient (Wildman–Crippen LogP) is 2.70. The highest BCUT2D eigenvalue weighted by atomic mass is 19.3. The minimum atomic E-state index is -2.92. The van der Waals surface area contributed by atoms with Gasteiger partial charge in [-0.2, -0.15) is 0 Å². The summed E-state index contributed by atoms with van der Waals surface area (Å²) < 4.78 is 51.1. The first-order valence-electron chi connectivity index (χ1n) is 3.83. The van der Waals surface area contributed by atoms with Crippen molar-refractivity contribution in [1.29, 1.82) is 0 Å². The topological polar surface area (TPSA) is 0 Å². The molecule has 1 aliphatic carbocycles. The second-order valence-corrected chi connectivity index (χ2v) is 3.21. The summed E-state index contributed by atoms with van der Waals surface area (Å²) in [7, 11) is 0. The van der Waals surface area contributed by atoms with E-state index in [4.69, 9.17) is 0 Å². The monoisotopic (exact) mass is 190 g/mol. The molecule has 1 aliphatic rings. The molecular formula is C9H6F4. The Balaban J connectivity index is 2.53. The van der Waals surface area contributed by atoms with Crippen LogP contribution in [0.4, 0.5) is 17.6 Å². The summed E-state index contributed by atoms with van der Waals surface area (Å²) in [6, 6.07) is 2.10. The van der Waals surface area contributed by atoms with Gasteiger partial charge in [-0.3, -0.25) is 0 Å². The Bertz CT molecular complexity index is 357. The molecule has 0 N–H and O–H groups in total. The van der Waals surface area contributed by atoms with Crippen molar-refractivity contribution in [2.75, 3.05) is 0 Å². The van der Waals surface area contributed by atoms with Gasteiger partial charge in [-0.1, -0.05) is 6.07 Å². The molecule has 1 aromatic rings. The maximum atomic E-state index is 12.9. The molecule has 0 heterocycles. The largest absolute Gasteiger partial charge is 0.256 e. The Morgan fingerprint density at radius 2 is 1.77 bits per heavy atom. The van der Waals surface area contributed by atoms with Crippen molar-refractivity contribution in [2.24, 2.45) is 0 Å². The molecule has 1 aromatic carbocycles. The van der Waals surface area contributed by atoms with Crippen LogP contribution < -0.4 is 0 Å². The fourth-order valence-corrected chi connectivity index (χ4v) is 1.59. The molecule has 0 spiro atoms. The molecular weight excluding hydrogens is 184 g/mol. The van der Waals surface area contributed by atoms with Gasteiger partial charge < -0.3 is 0 Å².